The zero-order valence-corrected chi connectivity index (χ0v) is 12.6. The van der Waals surface area contributed by atoms with E-state index in [1.54, 1.807) is 24.3 Å². The molecule has 2 rings (SSSR count). The molecule has 4 nitrogen and oxygen atoms in total. The van der Waals surface area contributed by atoms with Gasteiger partial charge in [0.25, 0.3) is 0 Å². The summed E-state index contributed by atoms with van der Waals surface area (Å²) in [5.74, 6) is 0.462. The van der Waals surface area contributed by atoms with Crippen LogP contribution in [0.15, 0.2) is 24.3 Å². The molecule has 1 aliphatic rings. The molecule has 2 N–H and O–H groups in total. The summed E-state index contributed by atoms with van der Waals surface area (Å²) in [6, 6.07) is 6.92. The van der Waals surface area contributed by atoms with Crippen molar-refractivity contribution in [3.8, 4) is 0 Å². The van der Waals surface area contributed by atoms with Gasteiger partial charge in [-0.1, -0.05) is 18.5 Å². The Morgan fingerprint density at radius 1 is 1.30 bits per heavy atom. The number of halogens is 1. The molecule has 0 aromatic heterocycles. The molecule has 20 heavy (non-hydrogen) atoms. The third-order valence-electron chi connectivity index (χ3n) is 3.48. The summed E-state index contributed by atoms with van der Waals surface area (Å²) in [5.41, 5.74) is 0.749. The van der Waals surface area contributed by atoms with Gasteiger partial charge in [-0.2, -0.15) is 0 Å². The van der Waals surface area contributed by atoms with Crippen LogP contribution in [0.5, 0.6) is 0 Å². The number of rotatable bonds is 5. The highest BCUT2D eigenvalue weighted by molar-refractivity contribution is 6.30. The second-order valence-electron chi connectivity index (χ2n) is 5.45. The Labute approximate surface area is 125 Å². The Balaban J connectivity index is 1.67. The second kappa shape index (κ2) is 7.50. The van der Waals surface area contributed by atoms with E-state index < -0.39 is 0 Å². The normalized spacial score (nSPS) is 16.9. The molecular formula is C15H22ClN3O. The van der Waals surface area contributed by atoms with Crippen LogP contribution in [0, 0.1) is 5.92 Å². The van der Waals surface area contributed by atoms with Crippen molar-refractivity contribution in [3.05, 3.63) is 29.3 Å². The summed E-state index contributed by atoms with van der Waals surface area (Å²) in [7, 11) is 0. The number of hydrogen-bond acceptors (Lipinski definition) is 2. The monoisotopic (exact) mass is 295 g/mol. The van der Waals surface area contributed by atoms with Gasteiger partial charge in [-0.15, -0.1) is 0 Å². The summed E-state index contributed by atoms with van der Waals surface area (Å²) in [6.07, 6.45) is 2.61. The van der Waals surface area contributed by atoms with E-state index >= 15 is 0 Å². The third-order valence-corrected chi connectivity index (χ3v) is 3.73. The maximum atomic E-state index is 11.8. The summed E-state index contributed by atoms with van der Waals surface area (Å²) < 4.78 is 0. The smallest absolute Gasteiger partial charge is 0.319 e. The maximum absolute atomic E-state index is 11.8. The minimum atomic E-state index is -0.166. The Morgan fingerprint density at radius 2 is 1.95 bits per heavy atom. The largest absolute Gasteiger partial charge is 0.338 e. The predicted octanol–water partition coefficient (Wildman–Crippen LogP) is 3.19. The molecule has 0 saturated carbocycles. The number of nitrogens with one attached hydrogen (secondary N) is 2. The minimum absolute atomic E-state index is 0.166. The van der Waals surface area contributed by atoms with Gasteiger partial charge < -0.3 is 15.5 Å². The molecule has 1 aliphatic heterocycles. The number of hydrogen-bond donors (Lipinski definition) is 2. The van der Waals surface area contributed by atoms with Crippen molar-refractivity contribution in [1.82, 2.24) is 10.2 Å². The van der Waals surface area contributed by atoms with Crippen LogP contribution in [0.4, 0.5) is 10.5 Å². The number of anilines is 1. The van der Waals surface area contributed by atoms with Gasteiger partial charge in [0, 0.05) is 23.8 Å². The highest BCUT2D eigenvalue weighted by Crippen LogP contribution is 2.13. The van der Waals surface area contributed by atoms with Gasteiger partial charge in [0.05, 0.1) is 0 Å². The first-order valence-corrected chi connectivity index (χ1v) is 7.54. The highest BCUT2D eigenvalue weighted by Gasteiger charge is 2.15. The van der Waals surface area contributed by atoms with Crippen LogP contribution in [0.3, 0.4) is 0 Å². The van der Waals surface area contributed by atoms with Crippen LogP contribution in [-0.2, 0) is 0 Å². The minimum Gasteiger partial charge on any atom is -0.338 e. The Bertz CT molecular complexity index is 429. The second-order valence-corrected chi connectivity index (χ2v) is 5.89. The van der Waals surface area contributed by atoms with Crippen LogP contribution < -0.4 is 10.6 Å². The highest BCUT2D eigenvalue weighted by atomic mass is 35.5. The molecule has 1 saturated heterocycles. The van der Waals surface area contributed by atoms with Crippen LogP contribution >= 0.6 is 11.6 Å². The quantitative estimate of drug-likeness (QED) is 0.876. The van der Waals surface area contributed by atoms with Crippen molar-refractivity contribution in [2.75, 3.05) is 31.5 Å². The fourth-order valence-corrected chi connectivity index (χ4v) is 2.57. The molecular weight excluding hydrogens is 274 g/mol. The van der Waals surface area contributed by atoms with Crippen molar-refractivity contribution in [1.29, 1.82) is 0 Å². The lowest BCUT2D eigenvalue weighted by Crippen LogP contribution is -2.36. The fraction of sp³-hybridized carbons (Fsp3) is 0.533. The predicted molar refractivity (Wildman–Crippen MR) is 83.3 cm³/mol. The summed E-state index contributed by atoms with van der Waals surface area (Å²) >= 11 is 5.80. The molecule has 1 aromatic carbocycles. The number of carbonyl (C=O) groups excluding carboxylic acids is 1. The zero-order valence-electron chi connectivity index (χ0n) is 11.9. The molecule has 1 heterocycles. The lowest BCUT2D eigenvalue weighted by atomic mass is 10.1. The van der Waals surface area contributed by atoms with Crippen molar-refractivity contribution in [2.24, 2.45) is 5.92 Å². The van der Waals surface area contributed by atoms with Gasteiger partial charge in [0.2, 0.25) is 0 Å². The van der Waals surface area contributed by atoms with Crippen LogP contribution in [0.25, 0.3) is 0 Å². The van der Waals surface area contributed by atoms with E-state index in [1.165, 1.54) is 25.9 Å². The Hall–Kier alpha value is -1.26. The molecule has 0 bridgehead atoms. The van der Waals surface area contributed by atoms with Gasteiger partial charge in [-0.3, -0.25) is 0 Å². The van der Waals surface area contributed by atoms with Crippen molar-refractivity contribution in [3.63, 3.8) is 0 Å². The van der Waals surface area contributed by atoms with Crippen molar-refractivity contribution >= 4 is 23.3 Å². The SMILES string of the molecule is C[C@H](CNC(=O)Nc1ccc(Cl)cc1)CN1CCCC1. The fourth-order valence-electron chi connectivity index (χ4n) is 2.45. The van der Waals surface area contributed by atoms with E-state index in [4.69, 9.17) is 11.6 Å². The number of amides is 2. The van der Waals surface area contributed by atoms with Gasteiger partial charge in [-0.25, -0.2) is 4.79 Å². The molecule has 1 atom stereocenters. The number of likely N-dealkylation sites (tertiary alicyclic amines) is 1. The lowest BCUT2D eigenvalue weighted by molar-refractivity contribution is 0.245. The van der Waals surface area contributed by atoms with E-state index in [9.17, 15) is 4.79 Å². The molecule has 0 radical (unpaired) electrons. The van der Waals surface area contributed by atoms with Crippen LogP contribution in [0.1, 0.15) is 19.8 Å². The van der Waals surface area contributed by atoms with E-state index in [0.29, 0.717) is 17.5 Å². The van der Waals surface area contributed by atoms with E-state index in [-0.39, 0.29) is 6.03 Å². The average Bonchev–Trinajstić information content (AvgIpc) is 2.92. The zero-order chi connectivity index (χ0) is 14.4. The first kappa shape index (κ1) is 15.1. The molecule has 5 heteroatoms. The number of nitrogens with zero attached hydrogens (tertiary/aromatic N) is 1. The first-order chi connectivity index (χ1) is 9.63. The topological polar surface area (TPSA) is 44.4 Å². The lowest BCUT2D eigenvalue weighted by Gasteiger charge is -2.20. The van der Waals surface area contributed by atoms with Crippen LogP contribution in [0.2, 0.25) is 5.02 Å². The molecule has 110 valence electrons. The van der Waals surface area contributed by atoms with Gasteiger partial charge in [0.15, 0.2) is 0 Å². The molecule has 1 fully saturated rings. The van der Waals surface area contributed by atoms with Crippen LogP contribution in [-0.4, -0.2) is 37.1 Å². The van der Waals surface area contributed by atoms with E-state index in [0.717, 1.165) is 12.2 Å². The number of urea groups is 1. The molecule has 1 aromatic rings. The van der Waals surface area contributed by atoms with Gasteiger partial charge in [-0.05, 0) is 56.1 Å². The first-order valence-electron chi connectivity index (χ1n) is 7.16. The molecule has 0 unspecified atom stereocenters. The molecule has 0 aliphatic carbocycles. The third kappa shape index (κ3) is 5.02. The maximum Gasteiger partial charge on any atom is 0.319 e. The summed E-state index contributed by atoms with van der Waals surface area (Å²) in [4.78, 5) is 14.2. The molecule has 0 spiro atoms. The van der Waals surface area contributed by atoms with Gasteiger partial charge in [0.1, 0.15) is 0 Å². The summed E-state index contributed by atoms with van der Waals surface area (Å²) in [6.45, 7) is 6.31. The Kier molecular flexibility index (Phi) is 5.68. The number of carbonyl (C=O) groups is 1. The molecule has 2 amide bonds. The average molecular weight is 296 g/mol. The summed E-state index contributed by atoms with van der Waals surface area (Å²) in [5, 5.41) is 6.37. The van der Waals surface area contributed by atoms with Crippen molar-refractivity contribution < 1.29 is 4.79 Å². The number of benzene rings is 1. The standard InChI is InChI=1S/C15H22ClN3O/c1-12(11-19-8-2-3-9-19)10-17-15(20)18-14-6-4-13(16)5-7-14/h4-7,12H,2-3,8-11H2,1H3,(H2,17,18,20)/t12-/m1/s1. The van der Waals surface area contributed by atoms with E-state index in [2.05, 4.69) is 22.5 Å². The van der Waals surface area contributed by atoms with Gasteiger partial charge >= 0.3 is 6.03 Å². The Morgan fingerprint density at radius 3 is 2.60 bits per heavy atom. The van der Waals surface area contributed by atoms with E-state index in [1.807, 2.05) is 0 Å². The van der Waals surface area contributed by atoms with Crippen molar-refractivity contribution in [2.45, 2.75) is 19.8 Å².